The van der Waals surface area contributed by atoms with Crippen LogP contribution in [0.4, 0.5) is 16.4 Å². The highest BCUT2D eigenvalue weighted by atomic mass is 16.2. The number of hydrogen-bond donors (Lipinski definition) is 6. The summed E-state index contributed by atoms with van der Waals surface area (Å²) in [5.74, 6) is -0.169. The predicted octanol–water partition coefficient (Wildman–Crippen LogP) is 0.282. The van der Waals surface area contributed by atoms with Crippen LogP contribution in [-0.4, -0.2) is 76.9 Å². The molecule has 7 N–H and O–H groups in total. The van der Waals surface area contributed by atoms with E-state index in [1.54, 1.807) is 11.0 Å². The number of hydrogen-bond acceptors (Lipinski definition) is 6. The number of amides is 3. The third-order valence-corrected chi connectivity index (χ3v) is 5.53. The van der Waals surface area contributed by atoms with E-state index in [1.165, 1.54) is 6.20 Å². The molecule has 12 heteroatoms. The molecule has 0 spiro atoms. The summed E-state index contributed by atoms with van der Waals surface area (Å²) in [7, 11) is 0. The quantitative estimate of drug-likeness (QED) is 0.183. The molecule has 1 saturated heterocycles. The molecule has 0 atom stereocenters. The van der Waals surface area contributed by atoms with Gasteiger partial charge < -0.3 is 26.3 Å². The lowest BCUT2D eigenvalue weighted by atomic mass is 10.2. The highest BCUT2D eigenvalue weighted by Crippen LogP contribution is 2.13. The van der Waals surface area contributed by atoms with E-state index in [2.05, 4.69) is 30.8 Å². The van der Waals surface area contributed by atoms with Crippen LogP contribution in [0.25, 0.3) is 0 Å². The van der Waals surface area contributed by atoms with E-state index >= 15 is 0 Å². The number of aromatic nitrogens is 2. The standard InChI is InChI=1S/C22H31N9O3/c1-15-5-2-3-6-17(15)27-22(34)29-21-26-14-16(19(33)28-21)13-18(32)31-11-9-30(10-12-31)8-4-7-25-20(23)24/h2-3,5-6,14H,4,7-13H2,1H3,(H4,23,24,25)(H3,26,27,28,29,33,34). The van der Waals surface area contributed by atoms with Gasteiger partial charge in [0.05, 0.1) is 6.42 Å². The number of piperazine rings is 1. The summed E-state index contributed by atoms with van der Waals surface area (Å²) in [4.78, 5) is 47.8. The average molecular weight is 470 g/mol. The maximum atomic E-state index is 12.7. The van der Waals surface area contributed by atoms with E-state index in [0.29, 0.717) is 25.3 Å². The highest BCUT2D eigenvalue weighted by molar-refractivity contribution is 5.99. The van der Waals surface area contributed by atoms with Crippen molar-refractivity contribution in [3.8, 4) is 0 Å². The van der Waals surface area contributed by atoms with Gasteiger partial charge in [0.2, 0.25) is 11.9 Å². The van der Waals surface area contributed by atoms with Crippen molar-refractivity contribution in [2.24, 2.45) is 5.73 Å². The van der Waals surface area contributed by atoms with Crippen LogP contribution in [0, 0.1) is 12.3 Å². The Kier molecular flexibility index (Phi) is 8.57. The third kappa shape index (κ3) is 7.30. The van der Waals surface area contributed by atoms with Gasteiger partial charge in [0, 0.05) is 50.2 Å². The number of benzene rings is 1. The van der Waals surface area contributed by atoms with Crippen LogP contribution in [0.15, 0.2) is 35.3 Å². The number of nitrogens with zero attached hydrogens (tertiary/aromatic N) is 3. The first-order valence-corrected chi connectivity index (χ1v) is 11.1. The summed E-state index contributed by atoms with van der Waals surface area (Å²) in [5.41, 5.74) is 6.50. The monoisotopic (exact) mass is 469 g/mol. The topological polar surface area (TPSA) is 172 Å². The van der Waals surface area contributed by atoms with E-state index in [4.69, 9.17) is 11.1 Å². The summed E-state index contributed by atoms with van der Waals surface area (Å²) < 4.78 is 0. The molecule has 2 heterocycles. The van der Waals surface area contributed by atoms with Gasteiger partial charge in [-0.15, -0.1) is 0 Å². The zero-order valence-corrected chi connectivity index (χ0v) is 19.2. The first-order chi connectivity index (χ1) is 16.3. The predicted molar refractivity (Wildman–Crippen MR) is 130 cm³/mol. The van der Waals surface area contributed by atoms with Crippen molar-refractivity contribution < 1.29 is 9.59 Å². The highest BCUT2D eigenvalue weighted by Gasteiger charge is 2.22. The van der Waals surface area contributed by atoms with Crippen molar-refractivity contribution in [1.29, 1.82) is 5.41 Å². The first-order valence-electron chi connectivity index (χ1n) is 11.1. The maximum Gasteiger partial charge on any atom is 0.326 e. The number of aryl methyl sites for hydroxylation is 1. The Balaban J connectivity index is 1.46. The fraction of sp³-hybridized carbons (Fsp3) is 0.409. The van der Waals surface area contributed by atoms with Crippen LogP contribution in [-0.2, 0) is 11.2 Å². The molecule has 12 nitrogen and oxygen atoms in total. The fourth-order valence-corrected chi connectivity index (χ4v) is 3.61. The second-order valence-corrected chi connectivity index (χ2v) is 8.07. The molecule has 1 aromatic carbocycles. The Labute approximate surface area is 197 Å². The minimum absolute atomic E-state index is 0.000148. The lowest BCUT2D eigenvalue weighted by Crippen LogP contribution is -2.49. The molecule has 34 heavy (non-hydrogen) atoms. The molecule has 0 unspecified atom stereocenters. The maximum absolute atomic E-state index is 12.7. The number of nitrogens with one attached hydrogen (secondary N) is 5. The lowest BCUT2D eigenvalue weighted by Gasteiger charge is -2.34. The van der Waals surface area contributed by atoms with Crippen molar-refractivity contribution in [1.82, 2.24) is 25.1 Å². The van der Waals surface area contributed by atoms with Gasteiger partial charge in [0.25, 0.3) is 5.56 Å². The number of H-pyrrole nitrogens is 1. The summed E-state index contributed by atoms with van der Waals surface area (Å²) in [5, 5.41) is 15.1. The number of rotatable bonds is 8. The van der Waals surface area contributed by atoms with E-state index < -0.39 is 11.6 Å². The Morgan fingerprint density at radius 2 is 1.91 bits per heavy atom. The van der Waals surface area contributed by atoms with Crippen LogP contribution in [0.2, 0.25) is 0 Å². The van der Waals surface area contributed by atoms with Gasteiger partial charge in [0.1, 0.15) is 0 Å². The number of urea groups is 1. The van der Waals surface area contributed by atoms with Gasteiger partial charge in [-0.3, -0.25) is 25.2 Å². The van der Waals surface area contributed by atoms with Gasteiger partial charge in [-0.1, -0.05) is 18.2 Å². The molecule has 1 fully saturated rings. The van der Waals surface area contributed by atoms with Gasteiger partial charge in [-0.2, -0.15) is 4.98 Å². The fourth-order valence-electron chi connectivity index (χ4n) is 3.61. The molecule has 1 aliphatic heterocycles. The molecular formula is C22H31N9O3. The zero-order valence-electron chi connectivity index (χ0n) is 19.2. The summed E-state index contributed by atoms with van der Waals surface area (Å²) in [6.45, 7) is 6.04. The van der Waals surface area contributed by atoms with Gasteiger partial charge in [-0.25, -0.2) is 4.79 Å². The average Bonchev–Trinajstić information content (AvgIpc) is 2.80. The number of aromatic amines is 1. The van der Waals surface area contributed by atoms with E-state index in [0.717, 1.165) is 31.6 Å². The minimum atomic E-state index is -0.560. The summed E-state index contributed by atoms with van der Waals surface area (Å²) >= 11 is 0. The molecule has 0 saturated carbocycles. The van der Waals surface area contributed by atoms with Crippen LogP contribution in [0.1, 0.15) is 17.5 Å². The number of carbonyl (C=O) groups is 2. The minimum Gasteiger partial charge on any atom is -0.370 e. The van der Waals surface area contributed by atoms with Crippen LogP contribution in [0.5, 0.6) is 0 Å². The normalized spacial score (nSPS) is 13.9. The first kappa shape index (κ1) is 24.7. The Morgan fingerprint density at radius 1 is 1.18 bits per heavy atom. The molecule has 182 valence electrons. The molecule has 1 aromatic heterocycles. The van der Waals surface area contributed by atoms with Gasteiger partial charge in [0.15, 0.2) is 5.96 Å². The van der Waals surface area contributed by atoms with Crippen molar-refractivity contribution in [3.05, 3.63) is 51.9 Å². The van der Waals surface area contributed by atoms with Crippen LogP contribution < -0.4 is 27.2 Å². The van der Waals surface area contributed by atoms with E-state index in [9.17, 15) is 14.4 Å². The Bertz CT molecular complexity index is 1080. The molecule has 2 aromatic rings. The summed E-state index contributed by atoms with van der Waals surface area (Å²) in [6, 6.07) is 6.79. The van der Waals surface area contributed by atoms with Crippen molar-refractivity contribution >= 4 is 29.5 Å². The smallest absolute Gasteiger partial charge is 0.326 e. The molecular weight excluding hydrogens is 438 g/mol. The second kappa shape index (κ2) is 11.8. The molecule has 1 aliphatic rings. The van der Waals surface area contributed by atoms with Crippen LogP contribution in [0.3, 0.4) is 0 Å². The molecule has 0 radical (unpaired) electrons. The van der Waals surface area contributed by atoms with Gasteiger partial charge >= 0.3 is 6.03 Å². The number of para-hydroxylation sites is 1. The van der Waals surface area contributed by atoms with Crippen molar-refractivity contribution in [3.63, 3.8) is 0 Å². The van der Waals surface area contributed by atoms with E-state index in [1.807, 2.05) is 25.1 Å². The number of anilines is 2. The third-order valence-electron chi connectivity index (χ3n) is 5.53. The SMILES string of the molecule is Cc1ccccc1NC(=O)Nc1nc(=O)c(CC(=O)N2CCN(CCCNC(=N)N)CC2)c[nH]1. The molecule has 3 rings (SSSR count). The zero-order chi connectivity index (χ0) is 24.5. The van der Waals surface area contributed by atoms with Crippen molar-refractivity contribution in [2.75, 3.05) is 49.9 Å². The Hall–Kier alpha value is -3.93. The molecule has 0 aliphatic carbocycles. The number of nitrogens with two attached hydrogens (primary N) is 1. The van der Waals surface area contributed by atoms with Crippen molar-refractivity contribution in [2.45, 2.75) is 19.8 Å². The number of guanidine groups is 1. The summed E-state index contributed by atoms with van der Waals surface area (Å²) in [6.07, 6.45) is 2.22. The van der Waals surface area contributed by atoms with Crippen LogP contribution >= 0.6 is 0 Å². The van der Waals surface area contributed by atoms with E-state index in [-0.39, 0.29) is 29.8 Å². The Morgan fingerprint density at radius 3 is 2.59 bits per heavy atom. The molecule has 3 amide bonds. The second-order valence-electron chi connectivity index (χ2n) is 8.07. The molecule has 0 bridgehead atoms. The largest absolute Gasteiger partial charge is 0.370 e. The number of carbonyl (C=O) groups excluding carboxylic acids is 2. The lowest BCUT2D eigenvalue weighted by molar-refractivity contribution is -0.132. The van der Waals surface area contributed by atoms with Gasteiger partial charge in [-0.05, 0) is 31.5 Å².